The number of rotatable bonds is 46. The lowest BCUT2D eigenvalue weighted by molar-refractivity contribution is -0.870. The number of allylic oxidation sites excluding steroid dienone is 10. The first kappa shape index (κ1) is 62.4. The first-order chi connectivity index (χ1) is 31.4. The van der Waals surface area contributed by atoms with Gasteiger partial charge in [-0.05, 0) is 44.9 Å². The monoisotopic (exact) mass is 935 g/mol. The first-order valence-corrected chi connectivity index (χ1v) is 27.3. The number of phosphoric acid groups is 1. The number of esters is 2. The topological polar surface area (TPSA) is 129 Å². The molecule has 0 aromatic rings. The third kappa shape index (κ3) is 49.1. The highest BCUT2D eigenvalue weighted by molar-refractivity contribution is 7.47. The number of hydrogen-bond acceptors (Lipinski definition) is 8. The summed E-state index contributed by atoms with van der Waals surface area (Å²) in [6.07, 6.45) is 54.5. The Morgan fingerprint density at radius 1 is 0.569 bits per heavy atom. The maximum atomic E-state index is 12.8. The van der Waals surface area contributed by atoms with Gasteiger partial charge in [0.25, 0.3) is 0 Å². The van der Waals surface area contributed by atoms with E-state index in [1.54, 1.807) is 6.08 Å². The van der Waals surface area contributed by atoms with E-state index in [2.05, 4.69) is 44.2 Å². The molecule has 0 saturated carbocycles. The van der Waals surface area contributed by atoms with E-state index in [-0.39, 0.29) is 26.1 Å². The Bertz CT molecular complexity index is 1350. The van der Waals surface area contributed by atoms with Crippen LogP contribution in [0.4, 0.5) is 0 Å². The molecule has 0 aliphatic heterocycles. The average Bonchev–Trinajstić information content (AvgIpc) is 3.26. The normalized spacial score (nSPS) is 14.5. The number of ether oxygens (including phenoxy) is 2. The van der Waals surface area contributed by atoms with Crippen molar-refractivity contribution in [3.05, 3.63) is 72.9 Å². The first-order valence-electron chi connectivity index (χ1n) is 25.8. The van der Waals surface area contributed by atoms with Crippen LogP contribution in [0.3, 0.4) is 0 Å². The number of hydrogen-bond donors (Lipinski definition) is 2. The minimum atomic E-state index is -4.41. The van der Waals surface area contributed by atoms with Gasteiger partial charge < -0.3 is 24.0 Å². The third-order valence-electron chi connectivity index (χ3n) is 10.8. The predicted octanol–water partition coefficient (Wildman–Crippen LogP) is 14.3. The second-order valence-electron chi connectivity index (χ2n) is 18.4. The average molecular weight is 935 g/mol. The number of phosphoric ester groups is 1. The molecule has 11 heteroatoms. The van der Waals surface area contributed by atoms with Crippen molar-refractivity contribution < 1.29 is 47.2 Å². The van der Waals surface area contributed by atoms with E-state index >= 15 is 0 Å². The van der Waals surface area contributed by atoms with Crippen LogP contribution in [0, 0.1) is 0 Å². The van der Waals surface area contributed by atoms with E-state index in [0.29, 0.717) is 30.3 Å². The van der Waals surface area contributed by atoms with Crippen LogP contribution in [-0.2, 0) is 32.7 Å². The fourth-order valence-corrected chi connectivity index (χ4v) is 7.57. The minimum absolute atomic E-state index is 0.0121. The summed E-state index contributed by atoms with van der Waals surface area (Å²) in [6, 6.07) is 0. The summed E-state index contributed by atoms with van der Waals surface area (Å²) >= 11 is 0. The molecular formula is C54H97NO9P+. The molecule has 10 nitrogen and oxygen atoms in total. The fourth-order valence-electron chi connectivity index (χ4n) is 6.83. The standard InChI is InChI=1S/C54H96NO9P/c1-6-8-10-11-12-13-14-15-16-17-18-19-20-21-22-25-29-32-35-38-42-46-54(58)64-52(50-63-65(59,60)62-48-47-55(3,4)5)49-61-53(57)45-41-37-34-31-28-26-23-24-27-30-33-36-40-44-51(56)43-39-9-7-2/h9,24,26-28,33-34,36-37,39-40,44,51-52,56H,6-8,10-23,25,29-32,35,38,41-43,45-50H2,1-5H3/p+1/b27-24-,28-26-,36-33+,37-34-,39-9-,44-40+/t51?,52-/m1/s1. The summed E-state index contributed by atoms with van der Waals surface area (Å²) in [5, 5.41) is 9.86. The van der Waals surface area contributed by atoms with Crippen molar-refractivity contribution in [2.75, 3.05) is 47.5 Å². The van der Waals surface area contributed by atoms with E-state index in [1.807, 2.05) is 57.6 Å². The number of unbranched alkanes of at least 4 members (excludes halogenated alkanes) is 20. The van der Waals surface area contributed by atoms with Gasteiger partial charge in [0, 0.05) is 12.8 Å². The quantitative estimate of drug-likeness (QED) is 0.0153. The van der Waals surface area contributed by atoms with Gasteiger partial charge in [0.2, 0.25) is 0 Å². The Morgan fingerprint density at radius 3 is 1.57 bits per heavy atom. The van der Waals surface area contributed by atoms with Gasteiger partial charge in [-0.2, -0.15) is 0 Å². The molecule has 0 amide bonds. The SMILES string of the molecule is CC/C=C\CC(O)/C=C/C=C/C/C=C\C/C=C\C/C=C\CCC(=O)OC[C@H](COP(=O)(O)OCC[N+](C)(C)C)OC(=O)CCCCCCCCCCCCCCCCCCCCCCC. The Balaban J connectivity index is 4.38. The Morgan fingerprint density at radius 2 is 1.06 bits per heavy atom. The second kappa shape index (κ2) is 45.2. The van der Waals surface area contributed by atoms with E-state index in [1.165, 1.54) is 109 Å². The zero-order valence-corrected chi connectivity index (χ0v) is 43.0. The molecule has 0 aliphatic rings. The fraction of sp³-hybridized carbons (Fsp3) is 0.741. The number of carbonyl (C=O) groups excluding carboxylic acids is 2. The summed E-state index contributed by atoms with van der Waals surface area (Å²) in [5.74, 6) is -0.914. The van der Waals surface area contributed by atoms with Crippen molar-refractivity contribution in [1.29, 1.82) is 0 Å². The lowest BCUT2D eigenvalue weighted by atomic mass is 10.0. The minimum Gasteiger partial charge on any atom is -0.462 e. The highest BCUT2D eigenvalue weighted by Gasteiger charge is 2.27. The Kier molecular flexibility index (Phi) is 43.4. The number of aliphatic hydroxyl groups is 1. The molecular weight excluding hydrogens is 838 g/mol. The maximum absolute atomic E-state index is 12.8. The van der Waals surface area contributed by atoms with Crippen molar-refractivity contribution in [2.45, 2.75) is 212 Å². The highest BCUT2D eigenvalue weighted by atomic mass is 31.2. The van der Waals surface area contributed by atoms with Gasteiger partial charge in [-0.25, -0.2) is 4.57 Å². The van der Waals surface area contributed by atoms with Gasteiger partial charge in [-0.3, -0.25) is 18.6 Å². The molecule has 0 saturated heterocycles. The van der Waals surface area contributed by atoms with Crippen LogP contribution in [0.2, 0.25) is 0 Å². The number of nitrogens with zero attached hydrogens (tertiary/aromatic N) is 1. The van der Waals surface area contributed by atoms with Crippen molar-refractivity contribution in [3.8, 4) is 0 Å². The van der Waals surface area contributed by atoms with Crippen molar-refractivity contribution >= 4 is 19.8 Å². The molecule has 0 heterocycles. The smallest absolute Gasteiger partial charge is 0.462 e. The summed E-state index contributed by atoms with van der Waals surface area (Å²) < 4.78 is 34.3. The molecule has 0 aliphatic carbocycles. The van der Waals surface area contributed by atoms with Gasteiger partial charge in [0.1, 0.15) is 19.8 Å². The van der Waals surface area contributed by atoms with Gasteiger partial charge in [0.05, 0.1) is 33.9 Å². The molecule has 3 atom stereocenters. The Labute approximate surface area is 398 Å². The van der Waals surface area contributed by atoms with Crippen LogP contribution in [0.5, 0.6) is 0 Å². The van der Waals surface area contributed by atoms with Crippen LogP contribution in [-0.4, -0.2) is 86.1 Å². The highest BCUT2D eigenvalue weighted by Crippen LogP contribution is 2.43. The summed E-state index contributed by atoms with van der Waals surface area (Å²) in [4.78, 5) is 35.5. The number of likely N-dealkylation sites (N-methyl/N-ethyl adjacent to an activating group) is 1. The number of carbonyl (C=O) groups is 2. The van der Waals surface area contributed by atoms with E-state index in [9.17, 15) is 24.2 Å². The van der Waals surface area contributed by atoms with Crippen LogP contribution >= 0.6 is 7.82 Å². The molecule has 2 N–H and O–H groups in total. The molecule has 0 aromatic heterocycles. The number of aliphatic hydroxyl groups excluding tert-OH is 1. The number of quaternary nitrogens is 1. The Hall–Kier alpha value is -2.59. The van der Waals surface area contributed by atoms with Crippen LogP contribution in [0.15, 0.2) is 72.9 Å². The zero-order valence-electron chi connectivity index (χ0n) is 42.1. The molecule has 65 heavy (non-hydrogen) atoms. The van der Waals surface area contributed by atoms with Crippen molar-refractivity contribution in [1.82, 2.24) is 0 Å². The lowest BCUT2D eigenvalue weighted by Gasteiger charge is -2.24. The van der Waals surface area contributed by atoms with Crippen molar-refractivity contribution in [2.24, 2.45) is 0 Å². The van der Waals surface area contributed by atoms with Crippen LogP contribution in [0.1, 0.15) is 200 Å². The van der Waals surface area contributed by atoms with Gasteiger partial charge in [-0.15, -0.1) is 0 Å². The maximum Gasteiger partial charge on any atom is 0.472 e. The van der Waals surface area contributed by atoms with E-state index < -0.39 is 38.6 Å². The van der Waals surface area contributed by atoms with Crippen LogP contribution < -0.4 is 0 Å². The van der Waals surface area contributed by atoms with Gasteiger partial charge in [0.15, 0.2) is 6.10 Å². The van der Waals surface area contributed by atoms with Crippen molar-refractivity contribution in [3.63, 3.8) is 0 Å². The lowest BCUT2D eigenvalue weighted by Crippen LogP contribution is -2.37. The molecule has 2 unspecified atom stereocenters. The van der Waals surface area contributed by atoms with E-state index in [4.69, 9.17) is 18.5 Å². The largest absolute Gasteiger partial charge is 0.472 e. The summed E-state index contributed by atoms with van der Waals surface area (Å²) in [6.45, 7) is 4.14. The second-order valence-corrected chi connectivity index (χ2v) is 19.8. The van der Waals surface area contributed by atoms with E-state index in [0.717, 1.165) is 44.9 Å². The third-order valence-corrected chi connectivity index (χ3v) is 11.8. The molecule has 0 fully saturated rings. The molecule has 0 radical (unpaired) electrons. The van der Waals surface area contributed by atoms with Gasteiger partial charge >= 0.3 is 19.8 Å². The van der Waals surface area contributed by atoms with Gasteiger partial charge in [-0.1, -0.05) is 215 Å². The molecule has 376 valence electrons. The molecule has 0 rings (SSSR count). The molecule has 0 aromatic carbocycles. The summed E-state index contributed by atoms with van der Waals surface area (Å²) in [7, 11) is 1.41. The predicted molar refractivity (Wildman–Crippen MR) is 272 cm³/mol. The zero-order chi connectivity index (χ0) is 48.0. The van der Waals surface area contributed by atoms with Crippen LogP contribution in [0.25, 0.3) is 0 Å². The summed E-state index contributed by atoms with van der Waals surface area (Å²) in [5.41, 5.74) is 0. The molecule has 0 spiro atoms. The molecule has 0 bridgehead atoms.